The van der Waals surface area contributed by atoms with Crippen molar-refractivity contribution in [1.82, 2.24) is 14.7 Å². The molecule has 2 amide bonds. The Morgan fingerprint density at radius 1 is 1.29 bits per heavy atom. The summed E-state index contributed by atoms with van der Waals surface area (Å²) >= 11 is 0. The first-order chi connectivity index (χ1) is 11.3. The number of amides is 2. The fourth-order valence-electron chi connectivity index (χ4n) is 2.84. The molecule has 1 aliphatic rings. The van der Waals surface area contributed by atoms with Crippen LogP contribution in [0.5, 0.6) is 0 Å². The summed E-state index contributed by atoms with van der Waals surface area (Å²) in [6, 6.07) is 0. The number of hydrogen-bond acceptors (Lipinski definition) is 5. The van der Waals surface area contributed by atoms with E-state index in [1.807, 2.05) is 18.5 Å². The molecule has 1 saturated heterocycles. The first kappa shape index (κ1) is 18.2. The van der Waals surface area contributed by atoms with Crippen LogP contribution in [0.3, 0.4) is 0 Å². The Kier molecular flexibility index (Phi) is 5.75. The Labute approximate surface area is 141 Å². The zero-order chi connectivity index (χ0) is 17.9. The van der Waals surface area contributed by atoms with E-state index in [1.165, 1.54) is 0 Å². The highest BCUT2D eigenvalue weighted by atomic mass is 16.5. The molecule has 0 unspecified atom stereocenters. The average molecular weight is 335 g/mol. The molecular formula is C17H25N3O4. The first-order valence-electron chi connectivity index (χ1n) is 8.31. The van der Waals surface area contributed by atoms with Crippen LogP contribution in [-0.2, 0) is 32.1 Å². The van der Waals surface area contributed by atoms with Gasteiger partial charge in [0.15, 0.2) is 6.61 Å². The molecule has 7 nitrogen and oxygen atoms in total. The number of aromatic nitrogens is 2. The second kappa shape index (κ2) is 7.59. The molecule has 0 aromatic carbocycles. The van der Waals surface area contributed by atoms with Gasteiger partial charge in [-0.25, -0.2) is 0 Å². The van der Waals surface area contributed by atoms with Crippen LogP contribution in [-0.4, -0.2) is 45.6 Å². The van der Waals surface area contributed by atoms with Crippen LogP contribution in [0.2, 0.25) is 0 Å². The molecule has 132 valence electrons. The highest BCUT2D eigenvalue weighted by Crippen LogP contribution is 2.16. The number of carbonyl (C=O) groups is 3. The van der Waals surface area contributed by atoms with Gasteiger partial charge in [0.2, 0.25) is 5.91 Å². The van der Waals surface area contributed by atoms with Crippen LogP contribution in [0.25, 0.3) is 0 Å². The van der Waals surface area contributed by atoms with Crippen molar-refractivity contribution >= 4 is 17.8 Å². The lowest BCUT2D eigenvalue weighted by Crippen LogP contribution is -2.35. The standard InChI is InChI=1S/C17H25N3O4/c1-11(2)9-20-13(4)14(12(3)18-20)8-17(23)24-10-16(22)19-7-5-6-15(19)21/h11H,5-10H2,1-4H3. The van der Waals surface area contributed by atoms with Gasteiger partial charge in [0.25, 0.3) is 5.91 Å². The molecule has 0 radical (unpaired) electrons. The molecule has 0 aliphatic carbocycles. The van der Waals surface area contributed by atoms with E-state index in [4.69, 9.17) is 4.74 Å². The fraction of sp³-hybridized carbons (Fsp3) is 0.647. The summed E-state index contributed by atoms with van der Waals surface area (Å²) < 4.78 is 6.95. The zero-order valence-electron chi connectivity index (χ0n) is 14.8. The smallest absolute Gasteiger partial charge is 0.310 e. The third-order valence-corrected chi connectivity index (χ3v) is 4.12. The molecule has 1 aromatic heterocycles. The molecule has 1 aromatic rings. The monoisotopic (exact) mass is 335 g/mol. The zero-order valence-corrected chi connectivity index (χ0v) is 14.8. The minimum Gasteiger partial charge on any atom is -0.455 e. The van der Waals surface area contributed by atoms with Crippen molar-refractivity contribution in [2.45, 2.75) is 53.5 Å². The Morgan fingerprint density at radius 3 is 2.58 bits per heavy atom. The largest absolute Gasteiger partial charge is 0.455 e. The van der Waals surface area contributed by atoms with Gasteiger partial charge >= 0.3 is 5.97 Å². The summed E-state index contributed by atoms with van der Waals surface area (Å²) in [5, 5.41) is 4.46. The molecule has 7 heteroatoms. The van der Waals surface area contributed by atoms with Crippen LogP contribution in [0.4, 0.5) is 0 Å². The molecule has 0 atom stereocenters. The van der Waals surface area contributed by atoms with Gasteiger partial charge in [-0.3, -0.25) is 24.0 Å². The number of ether oxygens (including phenoxy) is 1. The lowest BCUT2D eigenvalue weighted by atomic mass is 10.1. The van der Waals surface area contributed by atoms with Gasteiger partial charge in [-0.05, 0) is 26.2 Å². The van der Waals surface area contributed by atoms with Gasteiger partial charge in [0.1, 0.15) is 0 Å². The minimum atomic E-state index is -0.481. The number of rotatable bonds is 6. The first-order valence-corrected chi connectivity index (χ1v) is 8.31. The van der Waals surface area contributed by atoms with Crippen molar-refractivity contribution in [3.63, 3.8) is 0 Å². The lowest BCUT2D eigenvalue weighted by molar-refractivity contribution is -0.154. The normalized spacial score (nSPS) is 14.5. The summed E-state index contributed by atoms with van der Waals surface area (Å²) in [4.78, 5) is 36.6. The van der Waals surface area contributed by atoms with Crippen LogP contribution in [0.15, 0.2) is 0 Å². The molecule has 2 rings (SSSR count). The summed E-state index contributed by atoms with van der Waals surface area (Å²) in [5.41, 5.74) is 2.58. The van der Waals surface area contributed by atoms with Crippen molar-refractivity contribution in [1.29, 1.82) is 0 Å². The van der Waals surface area contributed by atoms with E-state index >= 15 is 0 Å². The summed E-state index contributed by atoms with van der Waals surface area (Å²) in [6.07, 6.45) is 1.13. The number of carbonyl (C=O) groups excluding carboxylic acids is 3. The molecule has 0 N–H and O–H groups in total. The van der Waals surface area contributed by atoms with E-state index in [1.54, 1.807) is 0 Å². The average Bonchev–Trinajstić information content (AvgIpc) is 3.03. The fourth-order valence-corrected chi connectivity index (χ4v) is 2.84. The number of imide groups is 1. The van der Waals surface area contributed by atoms with E-state index < -0.39 is 11.9 Å². The molecule has 1 aliphatic heterocycles. The maximum absolute atomic E-state index is 12.0. The van der Waals surface area contributed by atoms with E-state index in [2.05, 4.69) is 18.9 Å². The van der Waals surface area contributed by atoms with E-state index in [-0.39, 0.29) is 18.9 Å². The van der Waals surface area contributed by atoms with Crippen molar-refractivity contribution in [2.75, 3.05) is 13.2 Å². The maximum atomic E-state index is 12.0. The number of aryl methyl sites for hydroxylation is 1. The minimum absolute atomic E-state index is 0.0803. The molecule has 2 heterocycles. The Bertz CT molecular complexity index is 649. The van der Waals surface area contributed by atoms with Gasteiger partial charge in [0.05, 0.1) is 12.1 Å². The Hall–Kier alpha value is -2.18. The highest BCUT2D eigenvalue weighted by Gasteiger charge is 2.27. The number of esters is 1. The number of nitrogens with zero attached hydrogens (tertiary/aromatic N) is 3. The molecule has 0 bridgehead atoms. The van der Waals surface area contributed by atoms with Crippen LogP contribution >= 0.6 is 0 Å². The summed E-state index contributed by atoms with van der Waals surface area (Å²) in [5.74, 6) is -0.670. The van der Waals surface area contributed by atoms with E-state index in [0.717, 1.165) is 28.4 Å². The van der Waals surface area contributed by atoms with Crippen molar-refractivity contribution in [3.8, 4) is 0 Å². The molecule has 0 spiro atoms. The van der Waals surface area contributed by atoms with Crippen molar-refractivity contribution < 1.29 is 19.1 Å². The number of hydrogen-bond donors (Lipinski definition) is 0. The molecule has 1 fully saturated rings. The quantitative estimate of drug-likeness (QED) is 0.734. The summed E-state index contributed by atoms with van der Waals surface area (Å²) in [7, 11) is 0. The predicted molar refractivity (Wildman–Crippen MR) is 87.2 cm³/mol. The van der Waals surface area contributed by atoms with Crippen LogP contribution in [0.1, 0.15) is 43.6 Å². The summed E-state index contributed by atoms with van der Waals surface area (Å²) in [6.45, 7) is 8.82. The van der Waals surface area contributed by atoms with Gasteiger partial charge in [0, 0.05) is 30.8 Å². The Balaban J connectivity index is 1.91. The highest BCUT2D eigenvalue weighted by molar-refractivity contribution is 5.97. The predicted octanol–water partition coefficient (Wildman–Crippen LogP) is 1.39. The maximum Gasteiger partial charge on any atom is 0.310 e. The molecule has 24 heavy (non-hydrogen) atoms. The van der Waals surface area contributed by atoms with Crippen molar-refractivity contribution in [3.05, 3.63) is 17.0 Å². The SMILES string of the molecule is Cc1nn(CC(C)C)c(C)c1CC(=O)OCC(=O)N1CCCC1=O. The topological polar surface area (TPSA) is 81.5 Å². The van der Waals surface area contributed by atoms with Gasteiger partial charge < -0.3 is 4.74 Å². The third kappa shape index (κ3) is 4.21. The van der Waals surface area contributed by atoms with Gasteiger partial charge in [-0.15, -0.1) is 0 Å². The van der Waals surface area contributed by atoms with E-state index in [0.29, 0.717) is 25.3 Å². The van der Waals surface area contributed by atoms with Gasteiger partial charge in [-0.2, -0.15) is 5.10 Å². The Morgan fingerprint density at radius 2 is 2.00 bits per heavy atom. The second-order valence-electron chi connectivity index (χ2n) is 6.61. The molecular weight excluding hydrogens is 310 g/mol. The van der Waals surface area contributed by atoms with E-state index in [9.17, 15) is 14.4 Å². The van der Waals surface area contributed by atoms with Gasteiger partial charge in [-0.1, -0.05) is 13.8 Å². The van der Waals surface area contributed by atoms with Crippen molar-refractivity contribution in [2.24, 2.45) is 5.92 Å². The van der Waals surface area contributed by atoms with Crippen LogP contribution < -0.4 is 0 Å². The number of likely N-dealkylation sites (tertiary alicyclic amines) is 1. The second-order valence-corrected chi connectivity index (χ2v) is 6.61. The molecule has 0 saturated carbocycles. The van der Waals surface area contributed by atoms with Crippen LogP contribution in [0, 0.1) is 19.8 Å². The third-order valence-electron chi connectivity index (χ3n) is 4.12. The lowest BCUT2D eigenvalue weighted by Gasteiger charge is -2.13.